The van der Waals surface area contributed by atoms with Crippen LogP contribution in [0.5, 0.6) is 0 Å². The molecule has 7 heteroatoms. The summed E-state index contributed by atoms with van der Waals surface area (Å²) < 4.78 is 0. The molecule has 0 saturated carbocycles. The second kappa shape index (κ2) is 7.74. The molecule has 1 heterocycles. The Morgan fingerprint density at radius 2 is 2.05 bits per heavy atom. The molecule has 0 spiro atoms. The Labute approximate surface area is 129 Å². The number of piperidine rings is 1. The minimum absolute atomic E-state index is 0.0127. The van der Waals surface area contributed by atoms with Crippen molar-refractivity contribution in [3.63, 3.8) is 0 Å². The van der Waals surface area contributed by atoms with Crippen molar-refractivity contribution in [3.8, 4) is 0 Å². The van der Waals surface area contributed by atoms with Crippen LogP contribution in [0.25, 0.3) is 0 Å². The maximum atomic E-state index is 12.1. The van der Waals surface area contributed by atoms with Crippen molar-refractivity contribution in [1.29, 1.82) is 0 Å². The lowest BCUT2D eigenvalue weighted by molar-refractivity contribution is -0.384. The van der Waals surface area contributed by atoms with Gasteiger partial charge in [0.2, 0.25) is 5.91 Å². The molecule has 22 heavy (non-hydrogen) atoms. The topological polar surface area (TPSA) is 95.7 Å². The van der Waals surface area contributed by atoms with Crippen LogP contribution in [0.3, 0.4) is 0 Å². The molecule has 1 aliphatic rings. The van der Waals surface area contributed by atoms with E-state index in [1.165, 1.54) is 6.07 Å². The van der Waals surface area contributed by atoms with E-state index in [2.05, 4.69) is 5.32 Å². The Hall–Kier alpha value is -2.15. The quantitative estimate of drug-likeness (QED) is 0.615. The van der Waals surface area contributed by atoms with E-state index in [4.69, 9.17) is 5.11 Å². The van der Waals surface area contributed by atoms with E-state index in [1.54, 1.807) is 23.1 Å². The van der Waals surface area contributed by atoms with Crippen LogP contribution in [-0.4, -0.2) is 47.1 Å². The van der Waals surface area contributed by atoms with Gasteiger partial charge in [-0.15, -0.1) is 0 Å². The first-order chi connectivity index (χ1) is 10.6. The summed E-state index contributed by atoms with van der Waals surface area (Å²) in [7, 11) is 0. The average molecular weight is 307 g/mol. The van der Waals surface area contributed by atoms with E-state index in [1.807, 2.05) is 0 Å². The summed E-state index contributed by atoms with van der Waals surface area (Å²) in [4.78, 5) is 24.3. The number of carbonyl (C=O) groups excluding carboxylic acids is 1. The standard InChI is InChI=1S/C15H21N3O4/c19-11-12-6-9-17(10-7-12)15(20)5-8-16-13-3-1-2-4-14(13)18(21)22/h1-4,12,16,19H,5-11H2. The number of nitro benzene ring substituents is 1. The van der Waals surface area contributed by atoms with Crippen LogP contribution in [-0.2, 0) is 4.79 Å². The summed E-state index contributed by atoms with van der Waals surface area (Å²) in [6.07, 6.45) is 1.97. The number of para-hydroxylation sites is 2. The van der Waals surface area contributed by atoms with Gasteiger partial charge in [0.25, 0.3) is 5.69 Å². The van der Waals surface area contributed by atoms with Crippen LogP contribution in [0.15, 0.2) is 24.3 Å². The lowest BCUT2D eigenvalue weighted by atomic mass is 9.98. The fourth-order valence-electron chi connectivity index (χ4n) is 2.61. The monoisotopic (exact) mass is 307 g/mol. The van der Waals surface area contributed by atoms with Crippen molar-refractivity contribution in [2.45, 2.75) is 19.3 Å². The van der Waals surface area contributed by atoms with Crippen LogP contribution in [0.1, 0.15) is 19.3 Å². The summed E-state index contributed by atoms with van der Waals surface area (Å²) in [5.41, 5.74) is 0.443. The van der Waals surface area contributed by atoms with Gasteiger partial charge in [-0.3, -0.25) is 14.9 Å². The van der Waals surface area contributed by atoms with Crippen LogP contribution in [0.4, 0.5) is 11.4 Å². The highest BCUT2D eigenvalue weighted by Crippen LogP contribution is 2.23. The van der Waals surface area contributed by atoms with E-state index in [9.17, 15) is 14.9 Å². The van der Waals surface area contributed by atoms with Gasteiger partial charge < -0.3 is 15.3 Å². The van der Waals surface area contributed by atoms with Gasteiger partial charge in [0.1, 0.15) is 5.69 Å². The molecule has 1 fully saturated rings. The Kier molecular flexibility index (Phi) is 5.71. The maximum absolute atomic E-state index is 12.1. The number of rotatable bonds is 6. The smallest absolute Gasteiger partial charge is 0.292 e. The molecule has 0 aliphatic carbocycles. The molecule has 2 rings (SSSR count). The minimum atomic E-state index is -0.441. The molecule has 0 atom stereocenters. The SMILES string of the molecule is O=C(CCNc1ccccc1[N+](=O)[O-])N1CCC(CO)CC1. The predicted molar refractivity (Wildman–Crippen MR) is 82.6 cm³/mol. The van der Waals surface area contributed by atoms with Gasteiger partial charge in [0, 0.05) is 38.7 Å². The molecular weight excluding hydrogens is 286 g/mol. The number of amides is 1. The number of nitrogens with one attached hydrogen (secondary N) is 1. The molecule has 0 bridgehead atoms. The molecule has 0 radical (unpaired) electrons. The lowest BCUT2D eigenvalue weighted by Gasteiger charge is -2.31. The molecular formula is C15H21N3O4. The molecule has 120 valence electrons. The van der Waals surface area contributed by atoms with Gasteiger partial charge in [0.15, 0.2) is 0 Å². The minimum Gasteiger partial charge on any atom is -0.396 e. The van der Waals surface area contributed by atoms with Gasteiger partial charge >= 0.3 is 0 Å². The van der Waals surface area contributed by atoms with E-state index in [0.717, 1.165) is 12.8 Å². The molecule has 1 saturated heterocycles. The second-order valence-electron chi connectivity index (χ2n) is 5.46. The third kappa shape index (κ3) is 4.17. The maximum Gasteiger partial charge on any atom is 0.292 e. The van der Waals surface area contributed by atoms with Crippen molar-refractivity contribution < 1.29 is 14.8 Å². The summed E-state index contributed by atoms with van der Waals surface area (Å²) in [6, 6.07) is 6.40. The van der Waals surface area contributed by atoms with Gasteiger partial charge in [0.05, 0.1) is 4.92 Å². The molecule has 0 unspecified atom stereocenters. The number of carbonyl (C=O) groups is 1. The second-order valence-corrected chi connectivity index (χ2v) is 5.46. The van der Waals surface area contributed by atoms with Gasteiger partial charge in [-0.05, 0) is 24.8 Å². The zero-order valence-electron chi connectivity index (χ0n) is 12.4. The number of hydrogen-bond donors (Lipinski definition) is 2. The number of anilines is 1. The van der Waals surface area contributed by atoms with Gasteiger partial charge in [-0.25, -0.2) is 0 Å². The zero-order valence-corrected chi connectivity index (χ0v) is 12.4. The lowest BCUT2D eigenvalue weighted by Crippen LogP contribution is -2.39. The van der Waals surface area contributed by atoms with Crippen molar-refractivity contribution in [2.24, 2.45) is 5.92 Å². The molecule has 1 amide bonds. The third-order valence-electron chi connectivity index (χ3n) is 3.98. The van der Waals surface area contributed by atoms with Crippen LogP contribution in [0, 0.1) is 16.0 Å². The number of aliphatic hydroxyl groups is 1. The number of benzene rings is 1. The van der Waals surface area contributed by atoms with E-state index >= 15 is 0 Å². The molecule has 1 aromatic rings. The van der Waals surface area contributed by atoms with Crippen molar-refractivity contribution in [3.05, 3.63) is 34.4 Å². The van der Waals surface area contributed by atoms with Gasteiger partial charge in [-0.2, -0.15) is 0 Å². The van der Waals surface area contributed by atoms with E-state index in [-0.39, 0.29) is 18.2 Å². The summed E-state index contributed by atoms with van der Waals surface area (Å²) >= 11 is 0. The Morgan fingerprint density at radius 3 is 2.68 bits per heavy atom. The third-order valence-corrected chi connectivity index (χ3v) is 3.98. The predicted octanol–water partition coefficient (Wildman–Crippen LogP) is 1.63. The van der Waals surface area contributed by atoms with E-state index < -0.39 is 4.92 Å². The van der Waals surface area contributed by atoms with Crippen molar-refractivity contribution in [1.82, 2.24) is 4.90 Å². The van der Waals surface area contributed by atoms with E-state index in [0.29, 0.717) is 37.7 Å². The first-order valence-corrected chi connectivity index (χ1v) is 7.47. The van der Waals surface area contributed by atoms with Crippen molar-refractivity contribution in [2.75, 3.05) is 31.6 Å². The number of aliphatic hydroxyl groups excluding tert-OH is 1. The summed E-state index contributed by atoms with van der Waals surface area (Å²) in [5, 5.41) is 22.9. The summed E-state index contributed by atoms with van der Waals surface area (Å²) in [5.74, 6) is 0.344. The Bertz CT molecular complexity index is 527. The molecule has 1 aromatic carbocycles. The summed E-state index contributed by atoms with van der Waals surface area (Å²) in [6.45, 7) is 1.90. The Morgan fingerprint density at radius 1 is 1.36 bits per heavy atom. The Balaban J connectivity index is 1.79. The molecule has 2 N–H and O–H groups in total. The number of nitrogens with zero attached hydrogens (tertiary/aromatic N) is 2. The van der Waals surface area contributed by atoms with Crippen molar-refractivity contribution >= 4 is 17.3 Å². The molecule has 1 aliphatic heterocycles. The zero-order chi connectivity index (χ0) is 15.9. The van der Waals surface area contributed by atoms with Gasteiger partial charge in [-0.1, -0.05) is 12.1 Å². The van der Waals surface area contributed by atoms with Crippen LogP contribution in [0.2, 0.25) is 0 Å². The first kappa shape index (κ1) is 16.2. The average Bonchev–Trinajstić information content (AvgIpc) is 2.55. The van der Waals surface area contributed by atoms with Crippen LogP contribution >= 0.6 is 0 Å². The fourth-order valence-corrected chi connectivity index (χ4v) is 2.61. The highest BCUT2D eigenvalue weighted by molar-refractivity contribution is 5.77. The highest BCUT2D eigenvalue weighted by Gasteiger charge is 2.22. The highest BCUT2D eigenvalue weighted by atomic mass is 16.6. The normalized spacial score (nSPS) is 15.6. The largest absolute Gasteiger partial charge is 0.396 e. The fraction of sp³-hybridized carbons (Fsp3) is 0.533. The molecule has 0 aromatic heterocycles. The number of likely N-dealkylation sites (tertiary alicyclic amines) is 1. The van der Waals surface area contributed by atoms with Crippen LogP contribution < -0.4 is 5.32 Å². The number of hydrogen-bond acceptors (Lipinski definition) is 5. The number of nitro groups is 1. The molecule has 7 nitrogen and oxygen atoms in total. The first-order valence-electron chi connectivity index (χ1n) is 7.47.